The summed E-state index contributed by atoms with van der Waals surface area (Å²) in [5.74, 6) is 1.26. The Morgan fingerprint density at radius 2 is 1.89 bits per heavy atom. The van der Waals surface area contributed by atoms with Gasteiger partial charge >= 0.3 is 0 Å². The Morgan fingerprint density at radius 1 is 1.07 bits per heavy atom. The molecule has 1 N–H and O–H groups in total. The van der Waals surface area contributed by atoms with Crippen molar-refractivity contribution in [3.8, 4) is 16.9 Å². The number of fused-ring (bicyclic) bond motifs is 1. The predicted octanol–water partition coefficient (Wildman–Crippen LogP) is 3.89. The van der Waals surface area contributed by atoms with Crippen LogP contribution in [-0.4, -0.2) is 32.2 Å². The fraction of sp³-hybridized carbons (Fsp3) is 0.100. The maximum atomic E-state index is 11.6. The average molecular weight is 378 g/mol. The molecule has 0 fully saturated rings. The highest BCUT2D eigenvalue weighted by Gasteiger charge is 2.10. The van der Waals surface area contributed by atoms with Crippen LogP contribution in [0.5, 0.6) is 5.75 Å². The fourth-order valence-corrected chi connectivity index (χ4v) is 3.36. The van der Waals surface area contributed by atoms with Gasteiger partial charge < -0.3 is 10.1 Å². The molecule has 0 aliphatic heterocycles. The van der Waals surface area contributed by atoms with E-state index in [1.165, 1.54) is 0 Å². The molecular weight excluding hydrogens is 360 g/mol. The fourth-order valence-electron chi connectivity index (χ4n) is 2.84. The molecule has 0 aliphatic carbocycles. The molecule has 1 atom stereocenters. The third kappa shape index (κ3) is 3.54. The summed E-state index contributed by atoms with van der Waals surface area (Å²) < 4.78 is 18.6. The molecule has 0 radical (unpaired) electrons. The van der Waals surface area contributed by atoms with Crippen molar-refractivity contribution in [1.82, 2.24) is 14.6 Å². The van der Waals surface area contributed by atoms with Crippen molar-refractivity contribution in [2.24, 2.45) is 0 Å². The second kappa shape index (κ2) is 7.20. The van der Waals surface area contributed by atoms with Crippen molar-refractivity contribution in [2.75, 3.05) is 18.7 Å². The van der Waals surface area contributed by atoms with Crippen LogP contribution in [0.4, 0.5) is 11.6 Å². The molecule has 0 amide bonds. The van der Waals surface area contributed by atoms with Crippen LogP contribution >= 0.6 is 0 Å². The summed E-state index contributed by atoms with van der Waals surface area (Å²) in [6.07, 6.45) is 3.53. The van der Waals surface area contributed by atoms with Gasteiger partial charge in [0, 0.05) is 45.5 Å². The number of aromatic nitrogens is 3. The SMILES string of the molecule is COc1cccc(Nc2nc3c(-c4ccc(S(C)=O)cc4)cccn3n2)c1. The summed E-state index contributed by atoms with van der Waals surface area (Å²) >= 11 is 0. The van der Waals surface area contributed by atoms with Crippen LogP contribution in [-0.2, 0) is 10.8 Å². The zero-order chi connectivity index (χ0) is 18.8. The molecule has 0 saturated heterocycles. The predicted molar refractivity (Wildman–Crippen MR) is 107 cm³/mol. The van der Waals surface area contributed by atoms with Gasteiger partial charge in [0.05, 0.1) is 7.11 Å². The summed E-state index contributed by atoms with van der Waals surface area (Å²) in [7, 11) is 0.637. The minimum atomic E-state index is -0.996. The quantitative estimate of drug-likeness (QED) is 0.571. The molecule has 2 heterocycles. The van der Waals surface area contributed by atoms with E-state index in [1.807, 2.05) is 66.9 Å². The molecule has 2 aromatic heterocycles. The molecule has 6 nitrogen and oxygen atoms in total. The second-order valence-electron chi connectivity index (χ2n) is 5.96. The molecule has 2 aromatic carbocycles. The molecule has 7 heteroatoms. The van der Waals surface area contributed by atoms with Crippen molar-refractivity contribution in [2.45, 2.75) is 4.90 Å². The zero-order valence-electron chi connectivity index (χ0n) is 14.9. The summed E-state index contributed by atoms with van der Waals surface area (Å²) in [5, 5.41) is 7.71. The van der Waals surface area contributed by atoms with E-state index in [9.17, 15) is 4.21 Å². The third-order valence-corrected chi connectivity index (χ3v) is 5.12. The van der Waals surface area contributed by atoms with Crippen LogP contribution in [0.15, 0.2) is 71.8 Å². The van der Waals surface area contributed by atoms with E-state index < -0.39 is 10.8 Å². The first-order valence-corrected chi connectivity index (χ1v) is 9.90. The van der Waals surface area contributed by atoms with Crippen LogP contribution < -0.4 is 10.1 Å². The van der Waals surface area contributed by atoms with Gasteiger partial charge in [-0.25, -0.2) is 4.52 Å². The van der Waals surface area contributed by atoms with Crippen LogP contribution in [0.25, 0.3) is 16.8 Å². The van der Waals surface area contributed by atoms with E-state index in [0.29, 0.717) is 5.95 Å². The number of rotatable bonds is 5. The number of hydrogen-bond acceptors (Lipinski definition) is 5. The van der Waals surface area contributed by atoms with E-state index in [1.54, 1.807) is 17.9 Å². The standard InChI is InChI=1S/C20H18N4O2S/c1-26-16-6-3-5-15(13-16)21-20-22-19-18(7-4-12-24(19)23-20)14-8-10-17(11-9-14)27(2)25/h3-13H,1-2H3,(H,21,23). The molecule has 4 aromatic rings. The van der Waals surface area contributed by atoms with Crippen LogP contribution in [0, 0.1) is 0 Å². The highest BCUT2D eigenvalue weighted by atomic mass is 32.2. The number of pyridine rings is 1. The van der Waals surface area contributed by atoms with Crippen LogP contribution in [0.1, 0.15) is 0 Å². The van der Waals surface area contributed by atoms with E-state index in [0.717, 1.165) is 33.1 Å². The zero-order valence-corrected chi connectivity index (χ0v) is 15.7. The molecule has 0 spiro atoms. The minimum absolute atomic E-state index is 0.502. The number of hydrogen-bond donors (Lipinski definition) is 1. The first kappa shape index (κ1) is 17.2. The Kier molecular flexibility index (Phi) is 4.60. The normalized spacial score (nSPS) is 12.1. The van der Waals surface area contributed by atoms with Crippen LogP contribution in [0.2, 0.25) is 0 Å². The first-order chi connectivity index (χ1) is 13.1. The van der Waals surface area contributed by atoms with Gasteiger partial charge in [-0.05, 0) is 42.0 Å². The van der Waals surface area contributed by atoms with Crippen molar-refractivity contribution < 1.29 is 8.95 Å². The van der Waals surface area contributed by atoms with Gasteiger partial charge in [-0.2, -0.15) is 4.98 Å². The van der Waals surface area contributed by atoms with E-state index in [4.69, 9.17) is 4.74 Å². The van der Waals surface area contributed by atoms with Gasteiger partial charge in [0.15, 0.2) is 5.65 Å². The number of nitrogens with zero attached hydrogens (tertiary/aromatic N) is 3. The Labute approximate surface area is 159 Å². The molecular formula is C20H18N4O2S. The molecule has 136 valence electrons. The topological polar surface area (TPSA) is 68.5 Å². The van der Waals surface area contributed by atoms with Crippen molar-refractivity contribution in [3.05, 3.63) is 66.9 Å². The molecule has 1 unspecified atom stereocenters. The summed E-state index contributed by atoms with van der Waals surface area (Å²) in [6.45, 7) is 0. The third-order valence-electron chi connectivity index (χ3n) is 4.19. The maximum Gasteiger partial charge on any atom is 0.247 e. The number of nitrogens with one attached hydrogen (secondary N) is 1. The molecule has 0 bridgehead atoms. The minimum Gasteiger partial charge on any atom is -0.497 e. The molecule has 0 aliphatic rings. The van der Waals surface area contributed by atoms with Gasteiger partial charge in [-0.1, -0.05) is 18.2 Å². The van der Waals surface area contributed by atoms with Gasteiger partial charge in [0.25, 0.3) is 0 Å². The number of benzene rings is 2. The summed E-state index contributed by atoms with van der Waals surface area (Å²) in [6, 6.07) is 19.2. The van der Waals surface area contributed by atoms with E-state index in [-0.39, 0.29) is 0 Å². The lowest BCUT2D eigenvalue weighted by Gasteiger charge is -2.04. The van der Waals surface area contributed by atoms with Gasteiger partial charge in [-0.3, -0.25) is 4.21 Å². The lowest BCUT2D eigenvalue weighted by molar-refractivity contribution is 0.415. The largest absolute Gasteiger partial charge is 0.497 e. The van der Waals surface area contributed by atoms with Gasteiger partial charge in [0.2, 0.25) is 5.95 Å². The molecule has 4 rings (SSSR count). The second-order valence-corrected chi connectivity index (χ2v) is 7.34. The van der Waals surface area contributed by atoms with Gasteiger partial charge in [-0.15, -0.1) is 5.10 Å². The lowest BCUT2D eigenvalue weighted by Crippen LogP contribution is -1.93. The Balaban J connectivity index is 1.70. The molecule has 0 saturated carbocycles. The first-order valence-electron chi connectivity index (χ1n) is 8.34. The number of ether oxygens (including phenoxy) is 1. The van der Waals surface area contributed by atoms with E-state index >= 15 is 0 Å². The Morgan fingerprint density at radius 3 is 2.63 bits per heavy atom. The van der Waals surface area contributed by atoms with Crippen molar-refractivity contribution >= 4 is 28.1 Å². The van der Waals surface area contributed by atoms with E-state index in [2.05, 4.69) is 15.4 Å². The monoisotopic (exact) mass is 378 g/mol. The highest BCUT2D eigenvalue weighted by Crippen LogP contribution is 2.26. The molecule has 27 heavy (non-hydrogen) atoms. The van der Waals surface area contributed by atoms with Crippen molar-refractivity contribution in [1.29, 1.82) is 0 Å². The summed E-state index contributed by atoms with van der Waals surface area (Å²) in [5.41, 5.74) is 3.54. The maximum absolute atomic E-state index is 11.6. The number of anilines is 2. The highest BCUT2D eigenvalue weighted by molar-refractivity contribution is 7.84. The Hall–Kier alpha value is -3.19. The Bertz CT molecular complexity index is 1120. The van der Waals surface area contributed by atoms with Crippen LogP contribution in [0.3, 0.4) is 0 Å². The number of methoxy groups -OCH3 is 1. The van der Waals surface area contributed by atoms with Gasteiger partial charge in [0.1, 0.15) is 5.75 Å². The smallest absolute Gasteiger partial charge is 0.247 e. The summed E-state index contributed by atoms with van der Waals surface area (Å²) in [4.78, 5) is 5.44. The average Bonchev–Trinajstić information content (AvgIpc) is 3.10. The van der Waals surface area contributed by atoms with Crippen molar-refractivity contribution in [3.63, 3.8) is 0 Å². The lowest BCUT2D eigenvalue weighted by atomic mass is 10.1.